The maximum absolute atomic E-state index is 12.5. The third kappa shape index (κ3) is 4.34. The Morgan fingerprint density at radius 3 is 2.26 bits per heavy atom. The van der Waals surface area contributed by atoms with Gasteiger partial charge in [0, 0.05) is 12.5 Å². The van der Waals surface area contributed by atoms with Gasteiger partial charge in [0.05, 0.1) is 5.92 Å². The van der Waals surface area contributed by atoms with E-state index in [1.54, 1.807) is 12.1 Å². The molecule has 1 aromatic heterocycles. The minimum absolute atomic E-state index is 0.0522. The van der Waals surface area contributed by atoms with Crippen molar-refractivity contribution in [1.29, 1.82) is 0 Å². The van der Waals surface area contributed by atoms with Crippen LogP contribution in [0.1, 0.15) is 34.0 Å². The number of carboxylic acids is 1. The van der Waals surface area contributed by atoms with Gasteiger partial charge in [-0.3, -0.25) is 14.9 Å². The number of fused-ring (bicyclic) bond motifs is 3. The van der Waals surface area contributed by atoms with Gasteiger partial charge < -0.3 is 15.2 Å². The number of ether oxygens (including phenoxy) is 1. The number of amides is 2. The van der Waals surface area contributed by atoms with Gasteiger partial charge in [-0.15, -0.1) is 0 Å². The molecule has 2 aliphatic carbocycles. The molecule has 8 nitrogen and oxygen atoms in total. The van der Waals surface area contributed by atoms with Crippen LogP contribution in [0.3, 0.4) is 0 Å². The van der Waals surface area contributed by atoms with Gasteiger partial charge in [-0.1, -0.05) is 54.6 Å². The summed E-state index contributed by atoms with van der Waals surface area (Å²) in [5.41, 5.74) is 4.66. The largest absolute Gasteiger partial charge is 0.481 e. The highest BCUT2D eigenvalue weighted by Crippen LogP contribution is 2.44. The zero-order chi connectivity index (χ0) is 23.7. The first-order valence-corrected chi connectivity index (χ1v) is 11.1. The Hall–Kier alpha value is -4.20. The lowest BCUT2D eigenvalue weighted by Crippen LogP contribution is -2.27. The van der Waals surface area contributed by atoms with Crippen molar-refractivity contribution in [3.8, 4) is 11.1 Å². The second kappa shape index (κ2) is 8.97. The fourth-order valence-corrected chi connectivity index (χ4v) is 4.46. The van der Waals surface area contributed by atoms with E-state index in [1.165, 1.54) is 6.07 Å². The van der Waals surface area contributed by atoms with Gasteiger partial charge in [-0.05, 0) is 46.7 Å². The lowest BCUT2D eigenvalue weighted by Gasteiger charge is -2.14. The molecule has 1 heterocycles. The lowest BCUT2D eigenvalue weighted by molar-refractivity contribution is -0.138. The van der Waals surface area contributed by atoms with Gasteiger partial charge in [0.2, 0.25) is 0 Å². The second-order valence-electron chi connectivity index (χ2n) is 8.51. The van der Waals surface area contributed by atoms with Crippen LogP contribution in [0.25, 0.3) is 11.1 Å². The smallest absolute Gasteiger partial charge is 0.412 e. The van der Waals surface area contributed by atoms with Gasteiger partial charge in [-0.25, -0.2) is 9.78 Å². The number of rotatable bonds is 7. The highest BCUT2D eigenvalue weighted by Gasteiger charge is 2.43. The molecule has 0 bridgehead atoms. The standard InChI is InChI=1S/C26H23N3O5/c30-24(27-13-15-12-20(15)25(31)32)22-10-5-11-23(28-22)29-26(33)34-14-21-18-8-3-1-6-16(18)17-7-2-4-9-19(17)21/h1-11,15,20-21H,12-14H2,(H,27,30)(H,31,32)(H,28,29,33)/t15-,20-/m1/s1. The fraction of sp³-hybridized carbons (Fsp3) is 0.231. The zero-order valence-electron chi connectivity index (χ0n) is 18.2. The van der Waals surface area contributed by atoms with Gasteiger partial charge >= 0.3 is 12.1 Å². The predicted octanol–water partition coefficient (Wildman–Crippen LogP) is 3.89. The SMILES string of the molecule is O=C(Nc1cccc(C(=O)NC[C@H]2C[C@H]2C(=O)O)n1)OCC1c2ccccc2-c2ccccc21. The normalized spacial score (nSPS) is 17.9. The number of pyridine rings is 1. The number of carbonyl (C=O) groups is 3. The van der Waals surface area contributed by atoms with E-state index in [9.17, 15) is 14.4 Å². The van der Waals surface area contributed by atoms with Gasteiger partial charge in [0.1, 0.15) is 18.1 Å². The summed E-state index contributed by atoms with van der Waals surface area (Å²) in [4.78, 5) is 39.9. The quantitative estimate of drug-likeness (QED) is 0.495. The molecule has 8 heteroatoms. The van der Waals surface area contributed by atoms with Crippen molar-refractivity contribution in [2.24, 2.45) is 11.8 Å². The third-order valence-corrected chi connectivity index (χ3v) is 6.32. The van der Waals surface area contributed by atoms with E-state index in [0.29, 0.717) is 6.42 Å². The molecule has 0 spiro atoms. The molecule has 2 amide bonds. The maximum atomic E-state index is 12.5. The highest BCUT2D eigenvalue weighted by molar-refractivity contribution is 5.93. The molecule has 1 saturated carbocycles. The molecule has 2 aromatic carbocycles. The van der Waals surface area contributed by atoms with E-state index in [1.807, 2.05) is 36.4 Å². The minimum atomic E-state index is -0.841. The molecular formula is C26H23N3O5. The zero-order valence-corrected chi connectivity index (χ0v) is 18.2. The first-order valence-electron chi connectivity index (χ1n) is 11.1. The maximum Gasteiger partial charge on any atom is 0.412 e. The number of carboxylic acid groups (broad SMARTS) is 1. The summed E-state index contributed by atoms with van der Waals surface area (Å²) in [7, 11) is 0. The van der Waals surface area contributed by atoms with E-state index in [-0.39, 0.29) is 36.5 Å². The minimum Gasteiger partial charge on any atom is -0.481 e. The Morgan fingerprint density at radius 1 is 0.941 bits per heavy atom. The van der Waals surface area contributed by atoms with Crippen molar-refractivity contribution in [3.63, 3.8) is 0 Å². The molecule has 2 aliphatic rings. The molecule has 172 valence electrons. The van der Waals surface area contributed by atoms with Crippen molar-refractivity contribution >= 4 is 23.8 Å². The van der Waals surface area contributed by atoms with Gasteiger partial charge in [0.15, 0.2) is 0 Å². The average Bonchev–Trinajstić information content (AvgIpc) is 3.57. The Kier molecular flexibility index (Phi) is 5.71. The van der Waals surface area contributed by atoms with Crippen molar-refractivity contribution in [2.75, 3.05) is 18.5 Å². The first kappa shape index (κ1) is 21.6. The average molecular weight is 457 g/mol. The Morgan fingerprint density at radius 2 is 1.62 bits per heavy atom. The molecule has 0 radical (unpaired) electrons. The summed E-state index contributed by atoms with van der Waals surface area (Å²) in [6, 6.07) is 20.9. The van der Waals surface area contributed by atoms with E-state index < -0.39 is 23.9 Å². The molecular weight excluding hydrogens is 434 g/mol. The molecule has 1 fully saturated rings. The Bertz CT molecular complexity index is 1230. The van der Waals surface area contributed by atoms with E-state index in [4.69, 9.17) is 9.84 Å². The molecule has 0 unspecified atom stereocenters. The molecule has 5 rings (SSSR count). The number of hydrogen-bond donors (Lipinski definition) is 3. The van der Waals surface area contributed by atoms with Crippen molar-refractivity contribution in [3.05, 3.63) is 83.6 Å². The van der Waals surface area contributed by atoms with Crippen LogP contribution in [-0.4, -0.2) is 41.2 Å². The Balaban J connectivity index is 1.18. The number of nitrogens with zero attached hydrogens (tertiary/aromatic N) is 1. The number of anilines is 1. The van der Waals surface area contributed by atoms with Crippen LogP contribution >= 0.6 is 0 Å². The van der Waals surface area contributed by atoms with Crippen LogP contribution in [0, 0.1) is 11.8 Å². The van der Waals surface area contributed by atoms with Crippen LogP contribution in [0.5, 0.6) is 0 Å². The number of nitrogens with one attached hydrogen (secondary N) is 2. The summed E-state index contributed by atoms with van der Waals surface area (Å²) >= 11 is 0. The topological polar surface area (TPSA) is 118 Å². The van der Waals surface area contributed by atoms with Crippen molar-refractivity contribution in [1.82, 2.24) is 10.3 Å². The highest BCUT2D eigenvalue weighted by atomic mass is 16.5. The first-order chi connectivity index (χ1) is 16.5. The molecule has 3 aromatic rings. The number of aliphatic carboxylic acids is 1. The van der Waals surface area contributed by atoms with Crippen molar-refractivity contribution in [2.45, 2.75) is 12.3 Å². The van der Waals surface area contributed by atoms with E-state index in [2.05, 4.69) is 27.8 Å². The second-order valence-corrected chi connectivity index (χ2v) is 8.51. The van der Waals surface area contributed by atoms with Gasteiger partial charge in [-0.2, -0.15) is 0 Å². The molecule has 2 atom stereocenters. The summed E-state index contributed by atoms with van der Waals surface area (Å²) in [5, 5.41) is 14.2. The molecule has 0 aliphatic heterocycles. The monoisotopic (exact) mass is 457 g/mol. The predicted molar refractivity (Wildman–Crippen MR) is 124 cm³/mol. The number of benzene rings is 2. The summed E-state index contributed by atoms with van der Waals surface area (Å²) in [6.07, 6.45) is -0.0962. The summed E-state index contributed by atoms with van der Waals surface area (Å²) < 4.78 is 5.52. The summed E-state index contributed by atoms with van der Waals surface area (Å²) in [5.74, 6) is -1.57. The van der Waals surface area contributed by atoms with Crippen LogP contribution in [-0.2, 0) is 9.53 Å². The fourth-order valence-electron chi connectivity index (χ4n) is 4.46. The van der Waals surface area contributed by atoms with E-state index in [0.717, 1.165) is 22.3 Å². The number of aromatic nitrogens is 1. The number of hydrogen-bond acceptors (Lipinski definition) is 5. The molecule has 34 heavy (non-hydrogen) atoms. The molecule has 0 saturated heterocycles. The van der Waals surface area contributed by atoms with Crippen molar-refractivity contribution < 1.29 is 24.2 Å². The van der Waals surface area contributed by atoms with Gasteiger partial charge in [0.25, 0.3) is 5.91 Å². The van der Waals surface area contributed by atoms with Crippen LogP contribution in [0.2, 0.25) is 0 Å². The lowest BCUT2D eigenvalue weighted by atomic mass is 9.98. The van der Waals surface area contributed by atoms with E-state index >= 15 is 0 Å². The third-order valence-electron chi connectivity index (χ3n) is 6.32. The summed E-state index contributed by atoms with van der Waals surface area (Å²) in [6.45, 7) is 0.452. The Labute approximate surface area is 196 Å². The van der Waals surface area contributed by atoms with Crippen LogP contribution < -0.4 is 10.6 Å². The van der Waals surface area contributed by atoms with Crippen LogP contribution in [0.15, 0.2) is 66.7 Å². The number of carbonyl (C=O) groups excluding carboxylic acids is 2. The molecule has 3 N–H and O–H groups in total. The van der Waals surface area contributed by atoms with Crippen LogP contribution in [0.4, 0.5) is 10.6 Å².